The summed E-state index contributed by atoms with van der Waals surface area (Å²) in [5.74, 6) is 1.01. The smallest absolute Gasteiger partial charge is 0.305 e. The van der Waals surface area contributed by atoms with Gasteiger partial charge in [0.05, 0.1) is 12.7 Å². The van der Waals surface area contributed by atoms with Crippen molar-refractivity contribution in [2.45, 2.75) is 45.6 Å². The minimum atomic E-state index is -0.150. The number of esters is 1. The van der Waals surface area contributed by atoms with Crippen molar-refractivity contribution in [3.63, 3.8) is 0 Å². The van der Waals surface area contributed by atoms with Gasteiger partial charge in [-0.25, -0.2) is 0 Å². The molecule has 0 amide bonds. The number of ether oxygens (including phenoxy) is 2. The van der Waals surface area contributed by atoms with E-state index in [1.165, 1.54) is 11.1 Å². The second-order valence-electron chi connectivity index (χ2n) is 6.89. The zero-order valence-corrected chi connectivity index (χ0v) is 19.5. The standard InChI is InChI=1S/C21H33N3O3.HI/c1-4-26-19(25)8-5-13-23-21(22-3)24-15-18-7-6-14-27-20(18)17-11-9-16(2)10-12-17;/h9-12,18,20H,4-8,13-15H2,1-3H3,(H2,22,23,24);1H. The van der Waals surface area contributed by atoms with Crippen molar-refractivity contribution in [2.75, 3.05) is 33.4 Å². The molecule has 1 aromatic carbocycles. The fraction of sp³-hybridized carbons (Fsp3) is 0.619. The lowest BCUT2D eigenvalue weighted by Gasteiger charge is -2.32. The molecule has 6 nitrogen and oxygen atoms in total. The van der Waals surface area contributed by atoms with Crippen molar-refractivity contribution < 1.29 is 14.3 Å². The number of guanidine groups is 1. The first kappa shape index (κ1) is 24.7. The van der Waals surface area contributed by atoms with E-state index in [-0.39, 0.29) is 36.0 Å². The summed E-state index contributed by atoms with van der Waals surface area (Å²) in [6, 6.07) is 8.62. The molecular formula is C21H34IN3O3. The highest BCUT2D eigenvalue weighted by Crippen LogP contribution is 2.33. The molecule has 7 heteroatoms. The molecule has 1 fully saturated rings. The predicted molar refractivity (Wildman–Crippen MR) is 123 cm³/mol. The fourth-order valence-corrected chi connectivity index (χ4v) is 3.30. The maximum Gasteiger partial charge on any atom is 0.305 e. The van der Waals surface area contributed by atoms with Crippen molar-refractivity contribution in [3.05, 3.63) is 35.4 Å². The van der Waals surface area contributed by atoms with Gasteiger partial charge in [-0.1, -0.05) is 29.8 Å². The first-order chi connectivity index (χ1) is 13.1. The lowest BCUT2D eigenvalue weighted by atomic mass is 9.89. The molecule has 1 aliphatic rings. The number of rotatable bonds is 8. The predicted octanol–water partition coefficient (Wildman–Crippen LogP) is 3.59. The maximum absolute atomic E-state index is 11.4. The lowest BCUT2D eigenvalue weighted by Crippen LogP contribution is -2.42. The molecule has 0 saturated carbocycles. The minimum Gasteiger partial charge on any atom is -0.466 e. The number of hydrogen-bond acceptors (Lipinski definition) is 4. The normalized spacial score (nSPS) is 19.5. The van der Waals surface area contributed by atoms with Crippen LogP contribution in [0, 0.1) is 12.8 Å². The Bertz CT molecular complexity index is 607. The van der Waals surface area contributed by atoms with E-state index in [0.29, 0.717) is 25.5 Å². The zero-order valence-electron chi connectivity index (χ0n) is 17.2. The molecule has 158 valence electrons. The SMILES string of the molecule is CCOC(=O)CCCNC(=NC)NCC1CCCOC1c1ccc(C)cc1.I. The van der Waals surface area contributed by atoms with E-state index in [1.54, 1.807) is 7.05 Å². The van der Waals surface area contributed by atoms with Crippen LogP contribution in [0.25, 0.3) is 0 Å². The van der Waals surface area contributed by atoms with E-state index in [1.807, 2.05) is 6.92 Å². The van der Waals surface area contributed by atoms with Gasteiger partial charge < -0.3 is 20.1 Å². The number of aliphatic imine (C=N–C) groups is 1. The van der Waals surface area contributed by atoms with Gasteiger partial charge in [0.15, 0.2) is 5.96 Å². The molecule has 0 aliphatic carbocycles. The topological polar surface area (TPSA) is 72.0 Å². The average Bonchev–Trinajstić information content (AvgIpc) is 2.68. The second kappa shape index (κ2) is 13.8. The molecule has 1 aromatic rings. The van der Waals surface area contributed by atoms with E-state index in [2.05, 4.69) is 46.8 Å². The molecule has 2 N–H and O–H groups in total. The van der Waals surface area contributed by atoms with E-state index in [0.717, 1.165) is 38.4 Å². The lowest BCUT2D eigenvalue weighted by molar-refractivity contribution is -0.143. The molecule has 2 atom stereocenters. The van der Waals surface area contributed by atoms with Crippen molar-refractivity contribution in [1.82, 2.24) is 10.6 Å². The maximum atomic E-state index is 11.4. The second-order valence-corrected chi connectivity index (χ2v) is 6.89. The van der Waals surface area contributed by atoms with E-state index in [9.17, 15) is 4.79 Å². The van der Waals surface area contributed by atoms with Crippen molar-refractivity contribution >= 4 is 35.9 Å². The van der Waals surface area contributed by atoms with Gasteiger partial charge >= 0.3 is 5.97 Å². The molecular weight excluding hydrogens is 469 g/mol. The molecule has 0 spiro atoms. The molecule has 0 radical (unpaired) electrons. The van der Waals surface area contributed by atoms with Gasteiger partial charge in [0.2, 0.25) is 0 Å². The summed E-state index contributed by atoms with van der Waals surface area (Å²) in [5.41, 5.74) is 2.50. The summed E-state index contributed by atoms with van der Waals surface area (Å²) in [4.78, 5) is 15.6. The quantitative estimate of drug-likeness (QED) is 0.187. The first-order valence-electron chi connectivity index (χ1n) is 9.92. The van der Waals surface area contributed by atoms with Crippen LogP contribution in [0.1, 0.15) is 49.8 Å². The Balaban J connectivity index is 0.00000392. The first-order valence-corrected chi connectivity index (χ1v) is 9.92. The number of hydrogen-bond donors (Lipinski definition) is 2. The largest absolute Gasteiger partial charge is 0.466 e. The number of aryl methyl sites for hydroxylation is 1. The van der Waals surface area contributed by atoms with Gasteiger partial charge in [0, 0.05) is 39.1 Å². The van der Waals surface area contributed by atoms with Crippen molar-refractivity contribution in [3.8, 4) is 0 Å². The number of carbonyl (C=O) groups is 1. The van der Waals surface area contributed by atoms with Crippen LogP contribution >= 0.6 is 24.0 Å². The molecule has 1 aliphatic heterocycles. The van der Waals surface area contributed by atoms with Gasteiger partial charge in [-0.3, -0.25) is 9.79 Å². The Morgan fingerprint density at radius 1 is 1.29 bits per heavy atom. The zero-order chi connectivity index (χ0) is 19.5. The molecule has 2 rings (SSSR count). The highest BCUT2D eigenvalue weighted by Gasteiger charge is 2.27. The Morgan fingerprint density at radius 3 is 2.71 bits per heavy atom. The Morgan fingerprint density at radius 2 is 2.04 bits per heavy atom. The highest BCUT2D eigenvalue weighted by atomic mass is 127. The summed E-state index contributed by atoms with van der Waals surface area (Å²) < 4.78 is 11.0. The Kier molecular flexibility index (Phi) is 12.1. The Labute approximate surface area is 185 Å². The number of nitrogens with zero attached hydrogens (tertiary/aromatic N) is 1. The van der Waals surface area contributed by atoms with Crippen LogP contribution in [0.15, 0.2) is 29.3 Å². The fourth-order valence-electron chi connectivity index (χ4n) is 3.30. The van der Waals surface area contributed by atoms with Crippen LogP contribution in [0.4, 0.5) is 0 Å². The minimum absolute atomic E-state index is 0. The molecule has 1 heterocycles. The van der Waals surface area contributed by atoms with Crippen LogP contribution in [0.5, 0.6) is 0 Å². The van der Waals surface area contributed by atoms with Gasteiger partial charge in [0.25, 0.3) is 0 Å². The summed E-state index contributed by atoms with van der Waals surface area (Å²) >= 11 is 0. The van der Waals surface area contributed by atoms with E-state index < -0.39 is 0 Å². The van der Waals surface area contributed by atoms with Gasteiger partial charge in [-0.2, -0.15) is 0 Å². The average molecular weight is 503 g/mol. The number of nitrogens with one attached hydrogen (secondary N) is 2. The van der Waals surface area contributed by atoms with Gasteiger partial charge in [0.1, 0.15) is 0 Å². The van der Waals surface area contributed by atoms with Gasteiger partial charge in [-0.05, 0) is 38.7 Å². The van der Waals surface area contributed by atoms with E-state index in [4.69, 9.17) is 9.47 Å². The Hall–Kier alpha value is -1.35. The monoisotopic (exact) mass is 503 g/mol. The van der Waals surface area contributed by atoms with Gasteiger partial charge in [-0.15, -0.1) is 24.0 Å². The third kappa shape index (κ3) is 8.34. The van der Waals surface area contributed by atoms with Crippen LogP contribution in [0.3, 0.4) is 0 Å². The van der Waals surface area contributed by atoms with Crippen LogP contribution in [-0.4, -0.2) is 45.3 Å². The number of benzene rings is 1. The molecule has 1 saturated heterocycles. The van der Waals surface area contributed by atoms with Crippen molar-refractivity contribution in [2.24, 2.45) is 10.9 Å². The summed E-state index contributed by atoms with van der Waals surface area (Å²) in [7, 11) is 1.76. The number of carbonyl (C=O) groups excluding carboxylic acids is 1. The summed E-state index contributed by atoms with van der Waals surface area (Å²) in [5, 5.41) is 6.67. The number of halogens is 1. The van der Waals surface area contributed by atoms with Crippen molar-refractivity contribution in [1.29, 1.82) is 0 Å². The summed E-state index contributed by atoms with van der Waals surface area (Å²) in [6.07, 6.45) is 3.47. The van der Waals surface area contributed by atoms with E-state index >= 15 is 0 Å². The molecule has 28 heavy (non-hydrogen) atoms. The molecule has 0 aromatic heterocycles. The highest BCUT2D eigenvalue weighted by molar-refractivity contribution is 14.0. The van der Waals surface area contributed by atoms with Crippen LogP contribution in [-0.2, 0) is 14.3 Å². The third-order valence-electron chi connectivity index (χ3n) is 4.76. The molecule has 2 unspecified atom stereocenters. The molecule has 0 bridgehead atoms. The third-order valence-corrected chi connectivity index (χ3v) is 4.76. The van der Waals surface area contributed by atoms with Crippen LogP contribution < -0.4 is 10.6 Å². The van der Waals surface area contributed by atoms with Crippen LogP contribution in [0.2, 0.25) is 0 Å². The summed E-state index contributed by atoms with van der Waals surface area (Å²) in [6.45, 7) is 6.65.